The van der Waals surface area contributed by atoms with Gasteiger partial charge in [0.25, 0.3) is 0 Å². The quantitative estimate of drug-likeness (QED) is 0.573. The molecule has 0 saturated heterocycles. The number of fused-ring (bicyclic) bond motifs is 1. The second-order valence-electron chi connectivity index (χ2n) is 5.83. The van der Waals surface area contributed by atoms with Gasteiger partial charge in [-0.05, 0) is 18.1 Å². The molecule has 10 heteroatoms. The van der Waals surface area contributed by atoms with Crippen molar-refractivity contribution in [3.63, 3.8) is 0 Å². The highest BCUT2D eigenvalue weighted by atomic mass is 32.1. The Labute approximate surface area is 147 Å². The molecule has 2 heterocycles. The van der Waals surface area contributed by atoms with Crippen LogP contribution in [0.5, 0.6) is 5.75 Å². The van der Waals surface area contributed by atoms with Crippen molar-refractivity contribution in [2.24, 2.45) is 5.73 Å². The van der Waals surface area contributed by atoms with Gasteiger partial charge in [0.05, 0.1) is 11.3 Å². The van der Waals surface area contributed by atoms with Gasteiger partial charge in [-0.2, -0.15) is 0 Å². The van der Waals surface area contributed by atoms with Crippen LogP contribution in [0.2, 0.25) is 5.82 Å². The predicted octanol–water partition coefficient (Wildman–Crippen LogP) is 0.868. The van der Waals surface area contributed by atoms with Gasteiger partial charge < -0.3 is 26.3 Å². The molecule has 6 N–H and O–H groups in total. The Morgan fingerprint density at radius 2 is 2.24 bits per heavy atom. The van der Waals surface area contributed by atoms with Crippen molar-refractivity contribution in [2.75, 3.05) is 5.73 Å². The van der Waals surface area contributed by atoms with E-state index in [1.54, 1.807) is 17.5 Å². The first-order valence-corrected chi connectivity index (χ1v) is 8.44. The Kier molecular flexibility index (Phi) is 4.75. The fourth-order valence-corrected chi connectivity index (χ4v) is 3.42. The number of benzene rings is 1. The van der Waals surface area contributed by atoms with Crippen LogP contribution in [0.25, 0.3) is 0 Å². The highest BCUT2D eigenvalue weighted by Crippen LogP contribution is 2.37. The lowest BCUT2D eigenvalue weighted by Crippen LogP contribution is -2.37. The number of para-hydroxylation sites is 1. The first-order valence-electron chi connectivity index (χ1n) is 7.56. The van der Waals surface area contributed by atoms with E-state index >= 15 is 0 Å². The second-order valence-corrected chi connectivity index (χ2v) is 6.72. The van der Waals surface area contributed by atoms with Crippen molar-refractivity contribution < 1.29 is 24.4 Å². The summed E-state index contributed by atoms with van der Waals surface area (Å²) in [6.07, 6.45) is 0.297. The predicted molar refractivity (Wildman–Crippen MR) is 92.5 cm³/mol. The minimum atomic E-state index is -1.29. The summed E-state index contributed by atoms with van der Waals surface area (Å²) < 4.78 is 5.38. The lowest BCUT2D eigenvalue weighted by molar-refractivity contribution is -0.120. The number of carbonyl (C=O) groups excluding carboxylic acids is 1. The van der Waals surface area contributed by atoms with Crippen LogP contribution in [-0.4, -0.2) is 34.0 Å². The number of ketones is 1. The summed E-state index contributed by atoms with van der Waals surface area (Å²) in [5.74, 6) is -1.81. The van der Waals surface area contributed by atoms with Crippen LogP contribution in [0, 0.1) is 0 Å². The zero-order chi connectivity index (χ0) is 18.1. The van der Waals surface area contributed by atoms with E-state index in [0.717, 1.165) is 0 Å². The van der Waals surface area contributed by atoms with Crippen molar-refractivity contribution >= 4 is 35.3 Å². The van der Waals surface area contributed by atoms with E-state index in [1.165, 1.54) is 17.4 Å². The molecular weight excluding hydrogens is 345 g/mol. The third-order valence-corrected chi connectivity index (χ3v) is 4.81. The van der Waals surface area contributed by atoms with Crippen LogP contribution in [-0.2, 0) is 11.2 Å². The number of hydrogen-bond acceptors (Lipinski definition) is 8. The highest BCUT2D eigenvalue weighted by Gasteiger charge is 2.38. The fourth-order valence-electron chi connectivity index (χ4n) is 2.82. The standard InChI is InChI=1S/C15H16BN3O5S/c17-12(10-6-25-15(18)19-10)11(20)5-8-4-7-2-1-3-9(14(21)22)13(7)24-16(8)23/h1-3,6,8,12,23H,4-5,17H2,(H2,18,19)(H,21,22)/t8-,12+/m1/s1. The number of carboxylic acid groups (broad SMARTS) is 1. The van der Waals surface area contributed by atoms with Crippen molar-refractivity contribution in [1.82, 2.24) is 4.98 Å². The number of carboxylic acids is 1. The molecule has 2 aromatic rings. The first kappa shape index (κ1) is 17.4. The number of nitrogen functional groups attached to an aromatic ring is 1. The molecule has 0 fully saturated rings. The maximum absolute atomic E-state index is 12.4. The molecule has 0 spiro atoms. The van der Waals surface area contributed by atoms with Gasteiger partial charge in [0.15, 0.2) is 10.9 Å². The van der Waals surface area contributed by atoms with Crippen LogP contribution in [0.15, 0.2) is 23.6 Å². The smallest absolute Gasteiger partial charge is 0.526 e. The SMILES string of the molecule is Nc1nc([C@H](N)C(=O)C[C@H]2Cc3cccc(C(=O)O)c3OB2O)cs1. The molecule has 0 saturated carbocycles. The molecule has 130 valence electrons. The molecule has 1 aromatic carbocycles. The average Bonchev–Trinajstić information content (AvgIpc) is 3.00. The van der Waals surface area contributed by atoms with Crippen molar-refractivity contribution in [1.29, 1.82) is 0 Å². The summed E-state index contributed by atoms with van der Waals surface area (Å²) in [6, 6.07) is 3.80. The Hall–Kier alpha value is -2.43. The lowest BCUT2D eigenvalue weighted by atomic mass is 9.64. The number of aromatic carboxylic acids is 1. The molecule has 0 aliphatic carbocycles. The molecule has 3 rings (SSSR count). The lowest BCUT2D eigenvalue weighted by Gasteiger charge is -2.28. The third-order valence-electron chi connectivity index (χ3n) is 4.12. The molecule has 1 aliphatic heterocycles. The first-order chi connectivity index (χ1) is 11.9. The number of hydrogen-bond donors (Lipinski definition) is 4. The summed E-state index contributed by atoms with van der Waals surface area (Å²) in [6.45, 7) is 0. The van der Waals surface area contributed by atoms with Crippen LogP contribution >= 0.6 is 11.3 Å². The Morgan fingerprint density at radius 1 is 1.48 bits per heavy atom. The third kappa shape index (κ3) is 3.50. The zero-order valence-corrected chi connectivity index (χ0v) is 13.9. The maximum Gasteiger partial charge on any atom is 0.526 e. The minimum Gasteiger partial charge on any atom is -0.535 e. The molecule has 0 radical (unpaired) electrons. The summed E-state index contributed by atoms with van der Waals surface area (Å²) in [5.41, 5.74) is 12.5. The zero-order valence-electron chi connectivity index (χ0n) is 13.1. The van der Waals surface area contributed by atoms with Gasteiger partial charge in [-0.25, -0.2) is 9.78 Å². The number of rotatable bonds is 5. The van der Waals surface area contributed by atoms with Crippen molar-refractivity contribution in [2.45, 2.75) is 24.7 Å². The topological polar surface area (TPSA) is 149 Å². The highest BCUT2D eigenvalue weighted by molar-refractivity contribution is 7.13. The molecule has 0 bridgehead atoms. The molecule has 8 nitrogen and oxygen atoms in total. The van der Waals surface area contributed by atoms with Gasteiger partial charge in [0.1, 0.15) is 11.8 Å². The second kappa shape index (κ2) is 6.83. The Bertz CT molecular complexity index is 827. The summed E-state index contributed by atoms with van der Waals surface area (Å²) in [5, 5.41) is 21.3. The van der Waals surface area contributed by atoms with Gasteiger partial charge in [0, 0.05) is 17.6 Å². The number of carbonyl (C=O) groups is 2. The van der Waals surface area contributed by atoms with E-state index in [4.69, 9.17) is 16.1 Å². The molecule has 25 heavy (non-hydrogen) atoms. The molecule has 0 amide bonds. The molecule has 2 atom stereocenters. The van der Waals surface area contributed by atoms with Gasteiger partial charge >= 0.3 is 13.1 Å². The number of anilines is 1. The van der Waals surface area contributed by atoms with E-state index in [-0.39, 0.29) is 23.5 Å². The number of nitrogens with two attached hydrogens (primary N) is 2. The maximum atomic E-state index is 12.4. The fraction of sp³-hybridized carbons (Fsp3) is 0.267. The van der Waals surface area contributed by atoms with E-state index in [0.29, 0.717) is 22.8 Å². The van der Waals surface area contributed by atoms with E-state index in [1.807, 2.05) is 0 Å². The van der Waals surface area contributed by atoms with E-state index in [9.17, 15) is 19.7 Å². The molecule has 1 aliphatic rings. The van der Waals surface area contributed by atoms with Crippen molar-refractivity contribution in [3.05, 3.63) is 40.4 Å². The van der Waals surface area contributed by atoms with Gasteiger partial charge in [-0.3, -0.25) is 4.79 Å². The summed E-state index contributed by atoms with van der Waals surface area (Å²) in [4.78, 5) is 27.6. The number of nitrogens with zero attached hydrogens (tertiary/aromatic N) is 1. The Morgan fingerprint density at radius 3 is 2.88 bits per heavy atom. The van der Waals surface area contributed by atoms with Crippen LogP contribution in [0.1, 0.15) is 34.1 Å². The number of Topliss-reactive ketones (excluding diaryl/α,β-unsaturated/α-hetero) is 1. The van der Waals surface area contributed by atoms with Crippen LogP contribution in [0.4, 0.5) is 5.13 Å². The number of thiazole rings is 1. The summed E-state index contributed by atoms with van der Waals surface area (Å²) in [7, 11) is -1.29. The van der Waals surface area contributed by atoms with Crippen LogP contribution < -0.4 is 16.1 Å². The normalized spacial score (nSPS) is 17.5. The average molecular weight is 361 g/mol. The number of aromatic nitrogens is 1. The van der Waals surface area contributed by atoms with Gasteiger partial charge in [-0.15, -0.1) is 11.3 Å². The summed E-state index contributed by atoms with van der Waals surface area (Å²) >= 11 is 1.20. The Balaban J connectivity index is 1.75. The van der Waals surface area contributed by atoms with E-state index in [2.05, 4.69) is 4.98 Å². The molecule has 0 unspecified atom stereocenters. The van der Waals surface area contributed by atoms with Gasteiger partial charge in [0.2, 0.25) is 0 Å². The molecular formula is C15H16BN3O5S. The minimum absolute atomic E-state index is 0.0174. The van der Waals surface area contributed by atoms with Crippen molar-refractivity contribution in [3.8, 4) is 5.75 Å². The largest absolute Gasteiger partial charge is 0.535 e. The van der Waals surface area contributed by atoms with E-state index < -0.39 is 24.9 Å². The molecule has 1 aromatic heterocycles. The van der Waals surface area contributed by atoms with Crippen LogP contribution in [0.3, 0.4) is 0 Å². The monoisotopic (exact) mass is 361 g/mol. The van der Waals surface area contributed by atoms with Gasteiger partial charge in [-0.1, -0.05) is 12.1 Å².